The van der Waals surface area contributed by atoms with E-state index in [0.29, 0.717) is 5.56 Å². The minimum Gasteiger partial charge on any atom is -0.322 e. The van der Waals surface area contributed by atoms with Crippen molar-refractivity contribution in [1.29, 1.82) is 0 Å². The number of aryl methyl sites for hydroxylation is 1. The van der Waals surface area contributed by atoms with Crippen LogP contribution in [0.1, 0.15) is 15.9 Å². The number of carbonyl (C=O) groups excluding carboxylic acids is 1. The van der Waals surface area contributed by atoms with Crippen molar-refractivity contribution in [2.75, 3.05) is 5.32 Å². The summed E-state index contributed by atoms with van der Waals surface area (Å²) in [5.74, 6) is -0.143. The Kier molecular flexibility index (Phi) is 4.02. The van der Waals surface area contributed by atoms with E-state index in [1.54, 1.807) is 23.1 Å². The quantitative estimate of drug-likeness (QED) is 0.779. The molecule has 0 saturated heterocycles. The summed E-state index contributed by atoms with van der Waals surface area (Å²) in [6.45, 7) is 1.95. The molecule has 1 aromatic heterocycles. The summed E-state index contributed by atoms with van der Waals surface area (Å²) in [5, 5.41) is 6.96. The van der Waals surface area contributed by atoms with Crippen LogP contribution in [-0.4, -0.2) is 20.7 Å². The van der Waals surface area contributed by atoms with Gasteiger partial charge in [-0.25, -0.2) is 9.67 Å². The van der Waals surface area contributed by atoms with Crippen molar-refractivity contribution in [3.8, 4) is 5.69 Å². The van der Waals surface area contributed by atoms with E-state index in [1.807, 2.05) is 37.3 Å². The predicted molar refractivity (Wildman–Crippen MR) is 88.2 cm³/mol. The van der Waals surface area contributed by atoms with Gasteiger partial charge in [0.1, 0.15) is 12.7 Å². The topological polar surface area (TPSA) is 59.8 Å². The van der Waals surface area contributed by atoms with Crippen LogP contribution in [0.15, 0.2) is 59.6 Å². The van der Waals surface area contributed by atoms with E-state index in [4.69, 9.17) is 0 Å². The first-order valence-corrected chi connectivity index (χ1v) is 7.45. The lowest BCUT2D eigenvalue weighted by Gasteiger charge is -2.09. The highest BCUT2D eigenvalue weighted by Crippen LogP contribution is 2.20. The van der Waals surface area contributed by atoms with Gasteiger partial charge >= 0.3 is 0 Å². The number of amides is 1. The summed E-state index contributed by atoms with van der Waals surface area (Å²) in [4.78, 5) is 16.2. The molecule has 1 amide bonds. The highest BCUT2D eigenvalue weighted by atomic mass is 79.9. The molecule has 22 heavy (non-hydrogen) atoms. The largest absolute Gasteiger partial charge is 0.322 e. The second-order valence-corrected chi connectivity index (χ2v) is 5.72. The standard InChI is InChI=1S/C16H13BrN4O/c1-11-8-13(17)4-7-15(11)20-16(22)12-2-5-14(6-3-12)21-10-18-9-19-21/h2-10H,1H3,(H,20,22). The van der Waals surface area contributed by atoms with Gasteiger partial charge < -0.3 is 5.32 Å². The van der Waals surface area contributed by atoms with Crippen LogP contribution in [0.25, 0.3) is 5.69 Å². The van der Waals surface area contributed by atoms with Crippen molar-refractivity contribution in [2.24, 2.45) is 0 Å². The van der Waals surface area contributed by atoms with Crippen LogP contribution in [0.5, 0.6) is 0 Å². The maximum Gasteiger partial charge on any atom is 0.255 e. The molecule has 110 valence electrons. The van der Waals surface area contributed by atoms with E-state index >= 15 is 0 Å². The molecule has 0 saturated carbocycles. The van der Waals surface area contributed by atoms with Crippen LogP contribution >= 0.6 is 15.9 Å². The molecule has 0 aliphatic rings. The van der Waals surface area contributed by atoms with Gasteiger partial charge in [-0.1, -0.05) is 15.9 Å². The van der Waals surface area contributed by atoms with Crippen LogP contribution in [0.2, 0.25) is 0 Å². The average molecular weight is 357 g/mol. The molecule has 3 rings (SSSR count). The zero-order valence-corrected chi connectivity index (χ0v) is 13.4. The molecule has 0 unspecified atom stereocenters. The summed E-state index contributed by atoms with van der Waals surface area (Å²) in [6, 6.07) is 12.9. The van der Waals surface area contributed by atoms with Crippen LogP contribution in [0.3, 0.4) is 0 Å². The first kappa shape index (κ1) is 14.5. The van der Waals surface area contributed by atoms with E-state index in [0.717, 1.165) is 21.4 Å². The lowest BCUT2D eigenvalue weighted by molar-refractivity contribution is 0.102. The molecular formula is C16H13BrN4O. The Morgan fingerprint density at radius 2 is 1.95 bits per heavy atom. The lowest BCUT2D eigenvalue weighted by atomic mass is 10.1. The molecule has 0 spiro atoms. The minimum atomic E-state index is -0.143. The highest BCUT2D eigenvalue weighted by Gasteiger charge is 2.08. The van der Waals surface area contributed by atoms with Crippen molar-refractivity contribution in [3.63, 3.8) is 0 Å². The van der Waals surface area contributed by atoms with Crippen LogP contribution < -0.4 is 5.32 Å². The van der Waals surface area contributed by atoms with E-state index in [1.165, 1.54) is 6.33 Å². The highest BCUT2D eigenvalue weighted by molar-refractivity contribution is 9.10. The number of nitrogens with zero attached hydrogens (tertiary/aromatic N) is 3. The number of hydrogen-bond donors (Lipinski definition) is 1. The van der Waals surface area contributed by atoms with Crippen molar-refractivity contribution < 1.29 is 4.79 Å². The Labute approximate surface area is 136 Å². The number of halogens is 1. The number of carbonyl (C=O) groups is 1. The van der Waals surface area contributed by atoms with Gasteiger partial charge in [0.05, 0.1) is 5.69 Å². The van der Waals surface area contributed by atoms with Crippen LogP contribution in [0, 0.1) is 6.92 Å². The second-order valence-electron chi connectivity index (χ2n) is 4.80. The first-order chi connectivity index (χ1) is 10.6. The zero-order valence-electron chi connectivity index (χ0n) is 11.8. The smallest absolute Gasteiger partial charge is 0.255 e. The molecule has 5 nitrogen and oxygen atoms in total. The molecule has 0 atom stereocenters. The maximum atomic E-state index is 12.3. The molecule has 2 aromatic carbocycles. The van der Waals surface area contributed by atoms with E-state index in [2.05, 4.69) is 31.3 Å². The van der Waals surface area contributed by atoms with Crippen molar-refractivity contribution in [3.05, 3.63) is 70.7 Å². The predicted octanol–water partition coefficient (Wildman–Crippen LogP) is 3.59. The Hall–Kier alpha value is -2.47. The Bertz CT molecular complexity index is 798. The summed E-state index contributed by atoms with van der Waals surface area (Å²) in [6.07, 6.45) is 3.08. The molecule has 0 fully saturated rings. The number of rotatable bonds is 3. The van der Waals surface area contributed by atoms with Gasteiger partial charge in [0.15, 0.2) is 0 Å². The lowest BCUT2D eigenvalue weighted by Crippen LogP contribution is -2.12. The monoisotopic (exact) mass is 356 g/mol. The zero-order chi connectivity index (χ0) is 15.5. The fraction of sp³-hybridized carbons (Fsp3) is 0.0625. The van der Waals surface area contributed by atoms with Crippen molar-refractivity contribution in [2.45, 2.75) is 6.92 Å². The Morgan fingerprint density at radius 1 is 1.18 bits per heavy atom. The summed E-state index contributed by atoms with van der Waals surface area (Å²) >= 11 is 3.41. The number of nitrogens with one attached hydrogen (secondary N) is 1. The maximum absolute atomic E-state index is 12.3. The SMILES string of the molecule is Cc1cc(Br)ccc1NC(=O)c1ccc(-n2cncn2)cc1. The molecule has 0 radical (unpaired) electrons. The van der Waals surface area contributed by atoms with E-state index < -0.39 is 0 Å². The van der Waals surface area contributed by atoms with E-state index in [9.17, 15) is 4.79 Å². The second kappa shape index (κ2) is 6.11. The molecule has 1 heterocycles. The molecular weight excluding hydrogens is 344 g/mol. The third kappa shape index (κ3) is 3.07. The third-order valence-corrected chi connectivity index (χ3v) is 3.74. The molecule has 0 aliphatic heterocycles. The number of anilines is 1. The minimum absolute atomic E-state index is 0.143. The van der Waals surface area contributed by atoms with Gasteiger partial charge in [0, 0.05) is 15.7 Å². The first-order valence-electron chi connectivity index (χ1n) is 6.66. The molecule has 1 N–H and O–H groups in total. The molecule has 0 aliphatic carbocycles. The fourth-order valence-electron chi connectivity index (χ4n) is 2.07. The fourth-order valence-corrected chi connectivity index (χ4v) is 2.54. The van der Waals surface area contributed by atoms with Crippen LogP contribution in [0.4, 0.5) is 5.69 Å². The van der Waals surface area contributed by atoms with Gasteiger partial charge in [0.25, 0.3) is 5.91 Å². The van der Waals surface area contributed by atoms with Gasteiger partial charge in [-0.15, -0.1) is 0 Å². The molecule has 6 heteroatoms. The van der Waals surface area contributed by atoms with Crippen molar-refractivity contribution in [1.82, 2.24) is 14.8 Å². The van der Waals surface area contributed by atoms with Crippen LogP contribution in [-0.2, 0) is 0 Å². The summed E-state index contributed by atoms with van der Waals surface area (Å²) < 4.78 is 2.63. The summed E-state index contributed by atoms with van der Waals surface area (Å²) in [5.41, 5.74) is 3.25. The summed E-state index contributed by atoms with van der Waals surface area (Å²) in [7, 11) is 0. The van der Waals surface area contributed by atoms with Crippen molar-refractivity contribution >= 4 is 27.5 Å². The Balaban J connectivity index is 1.77. The van der Waals surface area contributed by atoms with E-state index in [-0.39, 0.29) is 5.91 Å². The average Bonchev–Trinajstić information content (AvgIpc) is 3.04. The number of benzene rings is 2. The van der Waals surface area contributed by atoms with Gasteiger partial charge in [-0.2, -0.15) is 5.10 Å². The Morgan fingerprint density at radius 3 is 2.59 bits per heavy atom. The molecule has 3 aromatic rings. The molecule has 0 bridgehead atoms. The number of hydrogen-bond acceptors (Lipinski definition) is 3. The van der Waals surface area contributed by atoms with Gasteiger partial charge in [-0.3, -0.25) is 4.79 Å². The number of aromatic nitrogens is 3. The third-order valence-electron chi connectivity index (χ3n) is 3.25. The normalized spacial score (nSPS) is 10.5. The van der Waals surface area contributed by atoms with Gasteiger partial charge in [-0.05, 0) is 55.0 Å². The van der Waals surface area contributed by atoms with Gasteiger partial charge in [0.2, 0.25) is 0 Å².